The zero-order valence-corrected chi connectivity index (χ0v) is 12.4. The largest absolute Gasteiger partial charge is 0.366 e. The Kier molecular flexibility index (Phi) is 4.80. The van der Waals surface area contributed by atoms with Crippen LogP contribution in [0.4, 0.5) is 0 Å². The number of rotatable bonds is 3. The standard InChI is InChI=1S/C14H18N4O2.ClH/c15-13(19)8-1-4-12(16-7-8)14(20)18-11-5-9-2-3-10(6-11)17-9;/h1,4,7,9-11,17H,2-3,5-6H2,(H2,15,19)(H,18,20);1H. The molecule has 2 aliphatic heterocycles. The summed E-state index contributed by atoms with van der Waals surface area (Å²) < 4.78 is 0. The van der Waals surface area contributed by atoms with Crippen LogP contribution in [0.25, 0.3) is 0 Å². The van der Waals surface area contributed by atoms with Crippen LogP contribution in [0.3, 0.4) is 0 Å². The highest BCUT2D eigenvalue weighted by atomic mass is 35.5. The molecule has 1 aromatic rings. The first-order chi connectivity index (χ1) is 9.61. The van der Waals surface area contributed by atoms with E-state index in [1.165, 1.54) is 31.2 Å². The molecule has 6 nitrogen and oxygen atoms in total. The SMILES string of the molecule is Cl.NC(=O)c1ccc(C(=O)NC2CC3CCC(C2)N3)nc1. The topological polar surface area (TPSA) is 97.1 Å². The zero-order valence-electron chi connectivity index (χ0n) is 11.5. The van der Waals surface area contributed by atoms with Gasteiger partial charge in [0.15, 0.2) is 0 Å². The molecule has 3 heterocycles. The molecule has 7 heteroatoms. The molecule has 2 atom stereocenters. The van der Waals surface area contributed by atoms with Crippen LogP contribution < -0.4 is 16.4 Å². The third-order valence-electron chi connectivity index (χ3n) is 4.09. The van der Waals surface area contributed by atoms with Crippen LogP contribution in [-0.2, 0) is 0 Å². The first kappa shape index (κ1) is 15.7. The molecule has 3 rings (SSSR count). The van der Waals surface area contributed by atoms with Gasteiger partial charge in [-0.1, -0.05) is 0 Å². The Hall–Kier alpha value is -1.66. The van der Waals surface area contributed by atoms with E-state index in [1.54, 1.807) is 0 Å². The number of hydrogen-bond acceptors (Lipinski definition) is 4. The van der Waals surface area contributed by atoms with E-state index in [9.17, 15) is 9.59 Å². The van der Waals surface area contributed by atoms with Crippen LogP contribution >= 0.6 is 12.4 Å². The van der Waals surface area contributed by atoms with Crippen molar-refractivity contribution >= 4 is 24.2 Å². The first-order valence-corrected chi connectivity index (χ1v) is 6.94. The molecule has 2 bridgehead atoms. The Morgan fingerprint density at radius 1 is 1.24 bits per heavy atom. The van der Waals surface area contributed by atoms with E-state index >= 15 is 0 Å². The maximum Gasteiger partial charge on any atom is 0.270 e. The highest BCUT2D eigenvalue weighted by Crippen LogP contribution is 2.26. The highest BCUT2D eigenvalue weighted by Gasteiger charge is 2.34. The molecule has 2 fully saturated rings. The molecule has 21 heavy (non-hydrogen) atoms. The maximum atomic E-state index is 12.1. The molecule has 1 aromatic heterocycles. The van der Waals surface area contributed by atoms with Gasteiger partial charge in [0.25, 0.3) is 5.91 Å². The number of carbonyl (C=O) groups excluding carboxylic acids is 2. The van der Waals surface area contributed by atoms with Gasteiger partial charge in [0.2, 0.25) is 5.91 Å². The van der Waals surface area contributed by atoms with E-state index < -0.39 is 5.91 Å². The predicted octanol–water partition coefficient (Wildman–Crippen LogP) is 0.615. The van der Waals surface area contributed by atoms with Crippen molar-refractivity contribution in [2.75, 3.05) is 0 Å². The molecule has 2 aliphatic rings. The maximum absolute atomic E-state index is 12.1. The lowest BCUT2D eigenvalue weighted by Crippen LogP contribution is -2.48. The molecule has 0 spiro atoms. The summed E-state index contributed by atoms with van der Waals surface area (Å²) in [5.74, 6) is -0.730. The molecule has 0 radical (unpaired) electrons. The van der Waals surface area contributed by atoms with E-state index in [-0.39, 0.29) is 24.4 Å². The van der Waals surface area contributed by atoms with Gasteiger partial charge in [-0.05, 0) is 37.8 Å². The monoisotopic (exact) mass is 310 g/mol. The van der Waals surface area contributed by atoms with Gasteiger partial charge in [-0.25, -0.2) is 0 Å². The summed E-state index contributed by atoms with van der Waals surface area (Å²) in [6.07, 6.45) is 5.68. The lowest BCUT2D eigenvalue weighted by atomic mass is 10.00. The van der Waals surface area contributed by atoms with Gasteiger partial charge >= 0.3 is 0 Å². The van der Waals surface area contributed by atoms with Gasteiger partial charge in [0.05, 0.1) is 5.56 Å². The number of hydrogen-bond donors (Lipinski definition) is 3. The molecule has 4 N–H and O–H groups in total. The lowest BCUT2D eigenvalue weighted by Gasteiger charge is -2.29. The van der Waals surface area contributed by atoms with E-state index in [0.29, 0.717) is 23.3 Å². The summed E-state index contributed by atoms with van der Waals surface area (Å²) in [4.78, 5) is 27.1. The van der Waals surface area contributed by atoms with Crippen LogP contribution in [0.1, 0.15) is 46.5 Å². The number of nitrogens with one attached hydrogen (secondary N) is 2. The smallest absolute Gasteiger partial charge is 0.270 e. The number of nitrogens with two attached hydrogens (primary N) is 1. The van der Waals surface area contributed by atoms with Gasteiger partial charge in [0, 0.05) is 24.3 Å². The highest BCUT2D eigenvalue weighted by molar-refractivity contribution is 5.95. The molecule has 2 unspecified atom stereocenters. The third-order valence-corrected chi connectivity index (χ3v) is 4.09. The normalized spacial score (nSPS) is 26.8. The second-order valence-electron chi connectivity index (χ2n) is 5.58. The summed E-state index contributed by atoms with van der Waals surface area (Å²) in [5.41, 5.74) is 5.77. The molecule has 2 amide bonds. The number of pyridine rings is 1. The molecular weight excluding hydrogens is 292 g/mol. The minimum absolute atomic E-state index is 0. The van der Waals surface area contributed by atoms with Crippen molar-refractivity contribution in [3.8, 4) is 0 Å². The molecule has 0 aromatic carbocycles. The average molecular weight is 311 g/mol. The van der Waals surface area contributed by atoms with Crippen LogP contribution in [0.2, 0.25) is 0 Å². The van der Waals surface area contributed by atoms with Gasteiger partial charge < -0.3 is 16.4 Å². The summed E-state index contributed by atoms with van der Waals surface area (Å²) in [6, 6.07) is 4.33. The number of piperidine rings is 1. The van der Waals surface area contributed by atoms with Crippen molar-refractivity contribution in [2.45, 2.75) is 43.8 Å². The van der Waals surface area contributed by atoms with E-state index in [2.05, 4.69) is 15.6 Å². The second-order valence-corrected chi connectivity index (χ2v) is 5.58. The lowest BCUT2D eigenvalue weighted by molar-refractivity contribution is 0.0916. The predicted molar refractivity (Wildman–Crippen MR) is 80.4 cm³/mol. The van der Waals surface area contributed by atoms with Crippen LogP contribution in [0.5, 0.6) is 0 Å². The summed E-state index contributed by atoms with van der Waals surface area (Å²) >= 11 is 0. The van der Waals surface area contributed by atoms with Crippen LogP contribution in [0, 0.1) is 0 Å². The minimum Gasteiger partial charge on any atom is -0.366 e. The van der Waals surface area contributed by atoms with Gasteiger partial charge in [0.1, 0.15) is 5.69 Å². The fourth-order valence-corrected chi connectivity index (χ4v) is 3.11. The Morgan fingerprint density at radius 2 is 1.90 bits per heavy atom. The molecule has 0 saturated carbocycles. The first-order valence-electron chi connectivity index (χ1n) is 6.94. The summed E-state index contributed by atoms with van der Waals surface area (Å²) in [6.45, 7) is 0. The summed E-state index contributed by atoms with van der Waals surface area (Å²) in [7, 11) is 0. The Bertz CT molecular complexity index is 522. The van der Waals surface area contributed by atoms with Crippen molar-refractivity contribution in [3.05, 3.63) is 29.6 Å². The molecule has 0 aliphatic carbocycles. The zero-order chi connectivity index (χ0) is 14.1. The Labute approximate surface area is 129 Å². The van der Waals surface area contributed by atoms with E-state index in [0.717, 1.165) is 12.8 Å². The van der Waals surface area contributed by atoms with Crippen molar-refractivity contribution < 1.29 is 9.59 Å². The van der Waals surface area contributed by atoms with E-state index in [4.69, 9.17) is 5.73 Å². The van der Waals surface area contributed by atoms with Gasteiger partial charge in [-0.15, -0.1) is 12.4 Å². The van der Waals surface area contributed by atoms with Crippen molar-refractivity contribution in [3.63, 3.8) is 0 Å². The van der Waals surface area contributed by atoms with Crippen molar-refractivity contribution in [1.29, 1.82) is 0 Å². The second kappa shape index (κ2) is 6.41. The number of fused-ring (bicyclic) bond motifs is 2. The van der Waals surface area contributed by atoms with Crippen LogP contribution in [-0.4, -0.2) is 34.9 Å². The van der Waals surface area contributed by atoms with Crippen LogP contribution in [0.15, 0.2) is 18.3 Å². The number of halogens is 1. The minimum atomic E-state index is -0.542. The summed E-state index contributed by atoms with van der Waals surface area (Å²) in [5, 5.41) is 6.56. The van der Waals surface area contributed by atoms with E-state index in [1.807, 2.05) is 0 Å². The molecular formula is C14H19ClN4O2. The van der Waals surface area contributed by atoms with Gasteiger partial charge in [-0.2, -0.15) is 0 Å². The fourth-order valence-electron chi connectivity index (χ4n) is 3.11. The Balaban J connectivity index is 0.00000161. The number of aromatic nitrogens is 1. The van der Waals surface area contributed by atoms with Gasteiger partial charge in [-0.3, -0.25) is 14.6 Å². The number of amides is 2. The van der Waals surface area contributed by atoms with Crippen molar-refractivity contribution in [1.82, 2.24) is 15.6 Å². The number of carbonyl (C=O) groups is 2. The number of primary amides is 1. The molecule has 114 valence electrons. The molecule has 2 saturated heterocycles. The number of nitrogens with zero attached hydrogens (tertiary/aromatic N) is 1. The van der Waals surface area contributed by atoms with Crippen molar-refractivity contribution in [2.24, 2.45) is 5.73 Å². The fraction of sp³-hybridized carbons (Fsp3) is 0.500. The quantitative estimate of drug-likeness (QED) is 0.762. The Morgan fingerprint density at radius 3 is 2.43 bits per heavy atom. The average Bonchev–Trinajstić information content (AvgIpc) is 2.78. The third kappa shape index (κ3) is 3.51.